The standard InChI is InChI=1S/C8H12O2S/c1-2-11(9,10)8-6-4-3-5-7-8/h2-4,8H,1,5-7H2. The molecule has 62 valence electrons. The van der Waals surface area contributed by atoms with Crippen LogP contribution in [-0.4, -0.2) is 13.7 Å². The predicted octanol–water partition coefficient (Wildman–Crippen LogP) is 1.65. The molecule has 1 aliphatic rings. The third kappa shape index (κ3) is 1.93. The lowest BCUT2D eigenvalue weighted by atomic mass is 10.1. The van der Waals surface area contributed by atoms with E-state index in [9.17, 15) is 8.42 Å². The van der Waals surface area contributed by atoms with Crippen molar-refractivity contribution in [2.45, 2.75) is 24.5 Å². The second kappa shape index (κ2) is 3.22. The molecule has 11 heavy (non-hydrogen) atoms. The fraction of sp³-hybridized carbons (Fsp3) is 0.500. The van der Waals surface area contributed by atoms with Crippen molar-refractivity contribution in [3.05, 3.63) is 24.1 Å². The minimum absolute atomic E-state index is 0.218. The van der Waals surface area contributed by atoms with Gasteiger partial charge in [-0.1, -0.05) is 18.7 Å². The Hall–Kier alpha value is -0.570. The lowest BCUT2D eigenvalue weighted by molar-refractivity contribution is 0.577. The molecule has 0 bridgehead atoms. The summed E-state index contributed by atoms with van der Waals surface area (Å²) in [6.45, 7) is 3.30. The molecule has 0 amide bonds. The van der Waals surface area contributed by atoms with E-state index in [4.69, 9.17) is 0 Å². The van der Waals surface area contributed by atoms with Crippen LogP contribution in [0.3, 0.4) is 0 Å². The summed E-state index contributed by atoms with van der Waals surface area (Å²) in [5.41, 5.74) is 0. The summed E-state index contributed by atoms with van der Waals surface area (Å²) in [5, 5.41) is 0.849. The molecule has 0 spiro atoms. The first kappa shape index (κ1) is 8.53. The van der Waals surface area contributed by atoms with E-state index >= 15 is 0 Å². The Morgan fingerprint density at radius 2 is 2.18 bits per heavy atom. The third-order valence-corrected chi connectivity index (χ3v) is 3.74. The van der Waals surface area contributed by atoms with Gasteiger partial charge in [-0.3, -0.25) is 0 Å². The molecule has 2 nitrogen and oxygen atoms in total. The van der Waals surface area contributed by atoms with Gasteiger partial charge in [-0.2, -0.15) is 0 Å². The van der Waals surface area contributed by atoms with Crippen LogP contribution >= 0.6 is 0 Å². The van der Waals surface area contributed by atoms with Gasteiger partial charge in [-0.25, -0.2) is 8.42 Å². The Balaban J connectivity index is 2.76. The molecule has 0 saturated carbocycles. The van der Waals surface area contributed by atoms with E-state index in [-0.39, 0.29) is 5.25 Å². The molecule has 0 aromatic carbocycles. The monoisotopic (exact) mass is 172 g/mol. The van der Waals surface area contributed by atoms with Crippen LogP contribution in [0.4, 0.5) is 0 Å². The zero-order valence-corrected chi connectivity index (χ0v) is 7.18. The second-order valence-electron chi connectivity index (χ2n) is 2.66. The van der Waals surface area contributed by atoms with Crippen molar-refractivity contribution < 1.29 is 8.42 Å². The molecular formula is C8H12O2S. The van der Waals surface area contributed by atoms with Gasteiger partial charge >= 0.3 is 0 Å². The first-order valence-corrected chi connectivity index (χ1v) is 5.29. The third-order valence-electron chi connectivity index (χ3n) is 1.92. The van der Waals surface area contributed by atoms with E-state index in [1.165, 1.54) is 0 Å². The lowest BCUT2D eigenvalue weighted by Crippen LogP contribution is -2.19. The highest BCUT2D eigenvalue weighted by Crippen LogP contribution is 2.19. The molecule has 0 aromatic rings. The highest BCUT2D eigenvalue weighted by atomic mass is 32.2. The van der Waals surface area contributed by atoms with Crippen LogP contribution in [0.15, 0.2) is 24.1 Å². The van der Waals surface area contributed by atoms with Crippen LogP contribution in [0, 0.1) is 0 Å². The van der Waals surface area contributed by atoms with E-state index < -0.39 is 9.84 Å². The Bertz CT molecular complexity index is 262. The minimum atomic E-state index is -3.01. The van der Waals surface area contributed by atoms with Gasteiger partial charge < -0.3 is 0 Å². The van der Waals surface area contributed by atoms with Crippen LogP contribution in [0.2, 0.25) is 0 Å². The smallest absolute Gasteiger partial charge is 0.174 e. The molecule has 0 aromatic heterocycles. The largest absolute Gasteiger partial charge is 0.224 e. The first-order valence-electron chi connectivity index (χ1n) is 3.68. The first-order chi connectivity index (χ1) is 5.17. The Kier molecular flexibility index (Phi) is 2.49. The molecule has 0 radical (unpaired) electrons. The SMILES string of the molecule is C=CS(=O)(=O)C1CC=CCC1. The van der Waals surface area contributed by atoms with Gasteiger partial charge in [0.2, 0.25) is 0 Å². The molecule has 0 N–H and O–H groups in total. The molecular weight excluding hydrogens is 160 g/mol. The fourth-order valence-corrected chi connectivity index (χ4v) is 2.32. The molecule has 0 aliphatic heterocycles. The molecule has 0 saturated heterocycles. The van der Waals surface area contributed by atoms with Crippen molar-refractivity contribution in [2.24, 2.45) is 0 Å². The van der Waals surface area contributed by atoms with Crippen LogP contribution in [0.5, 0.6) is 0 Å². The normalized spacial score (nSPS) is 24.9. The van der Waals surface area contributed by atoms with Crippen molar-refractivity contribution in [2.75, 3.05) is 0 Å². The van der Waals surface area contributed by atoms with E-state index in [1.807, 2.05) is 12.2 Å². The summed E-state index contributed by atoms with van der Waals surface area (Å²) in [7, 11) is -3.01. The van der Waals surface area contributed by atoms with E-state index in [2.05, 4.69) is 6.58 Å². The quantitative estimate of drug-likeness (QED) is 0.593. The average Bonchev–Trinajstić information content (AvgIpc) is 2.06. The van der Waals surface area contributed by atoms with E-state index in [0.717, 1.165) is 18.2 Å². The minimum Gasteiger partial charge on any atom is -0.224 e. The van der Waals surface area contributed by atoms with Gasteiger partial charge in [0, 0.05) is 5.41 Å². The maximum Gasteiger partial charge on any atom is 0.174 e. The van der Waals surface area contributed by atoms with E-state index in [0.29, 0.717) is 6.42 Å². The molecule has 1 rings (SSSR count). The molecule has 0 fully saturated rings. The van der Waals surface area contributed by atoms with Gasteiger partial charge in [-0.05, 0) is 19.3 Å². The molecule has 0 heterocycles. The Morgan fingerprint density at radius 1 is 1.45 bits per heavy atom. The van der Waals surface area contributed by atoms with Gasteiger partial charge in [0.05, 0.1) is 5.25 Å². The zero-order valence-electron chi connectivity index (χ0n) is 6.36. The second-order valence-corrected chi connectivity index (χ2v) is 4.84. The Labute approximate surface area is 67.5 Å². The number of rotatable bonds is 2. The molecule has 1 aliphatic carbocycles. The fourth-order valence-electron chi connectivity index (χ4n) is 1.20. The maximum atomic E-state index is 11.2. The van der Waals surface area contributed by atoms with Crippen molar-refractivity contribution in [3.63, 3.8) is 0 Å². The summed E-state index contributed by atoms with van der Waals surface area (Å²) in [5.74, 6) is 0. The van der Waals surface area contributed by atoms with Gasteiger partial charge in [0.15, 0.2) is 9.84 Å². The average molecular weight is 172 g/mol. The number of hydrogen-bond acceptors (Lipinski definition) is 2. The predicted molar refractivity (Wildman–Crippen MR) is 45.9 cm³/mol. The van der Waals surface area contributed by atoms with Crippen molar-refractivity contribution in [3.8, 4) is 0 Å². The zero-order chi connectivity index (χ0) is 8.32. The van der Waals surface area contributed by atoms with Crippen molar-refractivity contribution in [1.29, 1.82) is 0 Å². The number of hydrogen-bond donors (Lipinski definition) is 0. The Morgan fingerprint density at radius 3 is 2.64 bits per heavy atom. The van der Waals surface area contributed by atoms with Crippen LogP contribution in [-0.2, 0) is 9.84 Å². The van der Waals surface area contributed by atoms with Gasteiger partial charge in [0.1, 0.15) is 0 Å². The highest BCUT2D eigenvalue weighted by Gasteiger charge is 2.21. The van der Waals surface area contributed by atoms with Crippen LogP contribution in [0.1, 0.15) is 19.3 Å². The van der Waals surface area contributed by atoms with E-state index in [1.54, 1.807) is 0 Å². The van der Waals surface area contributed by atoms with Crippen LogP contribution in [0.25, 0.3) is 0 Å². The number of sulfone groups is 1. The van der Waals surface area contributed by atoms with Gasteiger partial charge in [0.25, 0.3) is 0 Å². The van der Waals surface area contributed by atoms with Crippen molar-refractivity contribution >= 4 is 9.84 Å². The summed E-state index contributed by atoms with van der Waals surface area (Å²) >= 11 is 0. The number of allylic oxidation sites excluding steroid dienone is 2. The molecule has 1 atom stereocenters. The van der Waals surface area contributed by atoms with Crippen molar-refractivity contribution in [1.82, 2.24) is 0 Å². The maximum absolute atomic E-state index is 11.2. The summed E-state index contributed by atoms with van der Waals surface area (Å²) < 4.78 is 22.4. The molecule has 3 heteroatoms. The summed E-state index contributed by atoms with van der Waals surface area (Å²) in [4.78, 5) is 0. The summed E-state index contributed by atoms with van der Waals surface area (Å²) in [6.07, 6.45) is 6.21. The summed E-state index contributed by atoms with van der Waals surface area (Å²) in [6, 6.07) is 0. The lowest BCUT2D eigenvalue weighted by Gasteiger charge is -2.15. The highest BCUT2D eigenvalue weighted by molar-refractivity contribution is 7.94. The molecule has 1 unspecified atom stereocenters. The van der Waals surface area contributed by atoms with Gasteiger partial charge in [-0.15, -0.1) is 0 Å². The van der Waals surface area contributed by atoms with Crippen LogP contribution < -0.4 is 0 Å². The topological polar surface area (TPSA) is 34.1 Å².